The van der Waals surface area contributed by atoms with Crippen molar-refractivity contribution in [3.63, 3.8) is 0 Å². The van der Waals surface area contributed by atoms with E-state index < -0.39 is 12.4 Å². The van der Waals surface area contributed by atoms with E-state index >= 15 is 0 Å². The van der Waals surface area contributed by atoms with Crippen molar-refractivity contribution in [3.05, 3.63) is 36.2 Å². The molecule has 1 aromatic rings. The van der Waals surface area contributed by atoms with E-state index in [2.05, 4.69) is 6.58 Å². The molecule has 90 valence electrons. The highest BCUT2D eigenvalue weighted by atomic mass is 19.4. The van der Waals surface area contributed by atoms with Crippen molar-refractivity contribution < 1.29 is 17.4 Å². The molecular formula is C10H14BF3NO-. The molecule has 0 fully saturated rings. The molecule has 0 N–H and O–H groups in total. The molecular weight excluding hydrogens is 218 g/mol. The van der Waals surface area contributed by atoms with Gasteiger partial charge in [0.05, 0.1) is 12.8 Å². The summed E-state index contributed by atoms with van der Waals surface area (Å²) in [5, 5.41) is 0. The summed E-state index contributed by atoms with van der Waals surface area (Å²) in [5.41, 5.74) is -0.673. The quantitative estimate of drug-likeness (QED) is 0.701. The minimum absolute atomic E-state index is 0.166. The van der Waals surface area contributed by atoms with Gasteiger partial charge in [-0.1, -0.05) is 6.92 Å². The molecule has 16 heavy (non-hydrogen) atoms. The molecule has 0 amide bonds. The van der Waals surface area contributed by atoms with Crippen molar-refractivity contribution >= 4 is 6.98 Å². The van der Waals surface area contributed by atoms with Gasteiger partial charge < -0.3 is 17.4 Å². The summed E-state index contributed by atoms with van der Waals surface area (Å²) < 4.78 is 42.1. The van der Waals surface area contributed by atoms with Gasteiger partial charge in [0.1, 0.15) is 5.76 Å². The predicted molar refractivity (Wildman–Crippen MR) is 57.9 cm³/mol. The van der Waals surface area contributed by atoms with Crippen LogP contribution in [-0.4, -0.2) is 25.0 Å². The summed E-state index contributed by atoms with van der Waals surface area (Å²) in [6.07, 6.45) is 1.51. The van der Waals surface area contributed by atoms with Crippen molar-refractivity contribution in [1.29, 1.82) is 0 Å². The molecule has 0 aromatic carbocycles. The summed E-state index contributed by atoms with van der Waals surface area (Å²) in [4.78, 5) is 1.64. The lowest BCUT2D eigenvalue weighted by atomic mass is 9.80. The number of furan rings is 1. The van der Waals surface area contributed by atoms with Gasteiger partial charge in [-0.2, -0.15) is 0 Å². The normalized spacial score (nSPS) is 12.1. The summed E-state index contributed by atoms with van der Waals surface area (Å²) >= 11 is 0. The van der Waals surface area contributed by atoms with Crippen LogP contribution in [0.2, 0.25) is 0 Å². The third-order valence-corrected chi connectivity index (χ3v) is 2.30. The van der Waals surface area contributed by atoms with E-state index in [-0.39, 0.29) is 6.54 Å². The molecule has 2 nitrogen and oxygen atoms in total. The van der Waals surface area contributed by atoms with Gasteiger partial charge in [0.2, 0.25) is 0 Å². The van der Waals surface area contributed by atoms with Crippen LogP contribution in [-0.2, 0) is 6.54 Å². The highest BCUT2D eigenvalue weighted by Crippen LogP contribution is 2.19. The Morgan fingerprint density at radius 3 is 2.62 bits per heavy atom. The number of nitrogens with zero attached hydrogens (tertiary/aromatic N) is 1. The van der Waals surface area contributed by atoms with Crippen molar-refractivity contribution in [1.82, 2.24) is 4.90 Å². The average Bonchev–Trinajstić information content (AvgIpc) is 2.67. The predicted octanol–water partition coefficient (Wildman–Crippen LogP) is 3.04. The van der Waals surface area contributed by atoms with Crippen molar-refractivity contribution in [2.24, 2.45) is 0 Å². The minimum Gasteiger partial charge on any atom is -0.468 e. The highest BCUT2D eigenvalue weighted by molar-refractivity contribution is 6.66. The Hall–Kier alpha value is -1.17. The standard InChI is InChI=1S/C10H14BF3NO/c1-3-15(7-9(2)11(12,13)14)8-10-5-4-6-16-10/h4-6H,2-3,7-8H2,1H3/q-1. The lowest BCUT2D eigenvalue weighted by Gasteiger charge is -2.25. The maximum Gasteiger partial charge on any atom is 0.506 e. The number of likely N-dealkylation sites (N-methyl/N-ethyl adjacent to an activating group) is 1. The van der Waals surface area contributed by atoms with Gasteiger partial charge in [0.15, 0.2) is 0 Å². The molecule has 0 unspecified atom stereocenters. The number of hydrogen-bond acceptors (Lipinski definition) is 2. The van der Waals surface area contributed by atoms with Crippen LogP contribution in [0, 0.1) is 0 Å². The molecule has 1 aromatic heterocycles. The average molecular weight is 232 g/mol. The van der Waals surface area contributed by atoms with E-state index in [0.717, 1.165) is 0 Å². The number of rotatable bonds is 6. The largest absolute Gasteiger partial charge is 0.506 e. The SMILES string of the molecule is C=C(CN(CC)Cc1ccco1)[B-](F)(F)F. The number of hydrogen-bond donors (Lipinski definition) is 0. The van der Waals surface area contributed by atoms with E-state index in [1.54, 1.807) is 24.0 Å². The zero-order chi connectivity index (χ0) is 12.2. The molecule has 0 aliphatic carbocycles. The van der Waals surface area contributed by atoms with Crippen LogP contribution in [0.15, 0.2) is 34.9 Å². The molecule has 1 rings (SSSR count). The van der Waals surface area contributed by atoms with Crippen LogP contribution in [0.1, 0.15) is 12.7 Å². The maximum absolute atomic E-state index is 12.3. The van der Waals surface area contributed by atoms with Crippen LogP contribution >= 0.6 is 0 Å². The van der Waals surface area contributed by atoms with E-state index in [4.69, 9.17) is 4.42 Å². The zero-order valence-corrected chi connectivity index (χ0v) is 9.13. The second-order valence-electron chi connectivity index (χ2n) is 3.62. The van der Waals surface area contributed by atoms with E-state index in [9.17, 15) is 12.9 Å². The Morgan fingerprint density at radius 1 is 1.50 bits per heavy atom. The van der Waals surface area contributed by atoms with Gasteiger partial charge >= 0.3 is 6.98 Å². The Kier molecular flexibility index (Phi) is 4.23. The van der Waals surface area contributed by atoms with E-state index in [1.807, 2.05) is 0 Å². The summed E-state index contributed by atoms with van der Waals surface area (Å²) in [6, 6.07) is 3.45. The van der Waals surface area contributed by atoms with Gasteiger partial charge in [-0.25, -0.2) is 0 Å². The lowest BCUT2D eigenvalue weighted by Crippen LogP contribution is -2.32. The minimum atomic E-state index is -4.95. The molecule has 0 saturated heterocycles. The molecule has 6 heteroatoms. The van der Waals surface area contributed by atoms with Gasteiger partial charge in [0, 0.05) is 0 Å². The molecule has 0 atom stereocenters. The van der Waals surface area contributed by atoms with Crippen molar-refractivity contribution in [2.45, 2.75) is 13.5 Å². The summed E-state index contributed by atoms with van der Waals surface area (Å²) in [6.45, 7) is 0.656. The van der Waals surface area contributed by atoms with Gasteiger partial charge in [-0.15, -0.1) is 12.1 Å². The lowest BCUT2D eigenvalue weighted by molar-refractivity contribution is 0.275. The molecule has 0 spiro atoms. The van der Waals surface area contributed by atoms with Crippen LogP contribution in [0.25, 0.3) is 0 Å². The molecule has 0 aliphatic rings. The van der Waals surface area contributed by atoms with Crippen LogP contribution in [0.5, 0.6) is 0 Å². The molecule has 1 heterocycles. The smallest absolute Gasteiger partial charge is 0.468 e. The first kappa shape index (κ1) is 12.9. The molecule has 0 aliphatic heterocycles. The first-order chi connectivity index (χ1) is 7.43. The topological polar surface area (TPSA) is 16.4 Å². The van der Waals surface area contributed by atoms with E-state index in [1.165, 1.54) is 6.26 Å². The Labute approximate surface area is 92.8 Å². The van der Waals surface area contributed by atoms with Crippen molar-refractivity contribution in [3.8, 4) is 0 Å². The zero-order valence-electron chi connectivity index (χ0n) is 9.13. The third kappa shape index (κ3) is 3.77. The second kappa shape index (κ2) is 5.25. The molecule has 0 bridgehead atoms. The Bertz CT molecular complexity index is 334. The fraction of sp³-hybridized carbons (Fsp3) is 0.400. The molecule has 0 radical (unpaired) electrons. The Balaban J connectivity index is 2.53. The van der Waals surface area contributed by atoms with Crippen LogP contribution < -0.4 is 0 Å². The second-order valence-corrected chi connectivity index (χ2v) is 3.62. The fourth-order valence-electron chi connectivity index (χ4n) is 1.29. The van der Waals surface area contributed by atoms with Gasteiger partial charge in [-0.3, -0.25) is 4.90 Å². The first-order valence-electron chi connectivity index (χ1n) is 5.05. The van der Waals surface area contributed by atoms with Gasteiger partial charge in [0.25, 0.3) is 0 Å². The number of halogens is 3. The first-order valence-corrected chi connectivity index (χ1v) is 5.05. The van der Waals surface area contributed by atoms with Crippen LogP contribution in [0.3, 0.4) is 0 Å². The molecule has 0 saturated carbocycles. The van der Waals surface area contributed by atoms with Crippen molar-refractivity contribution in [2.75, 3.05) is 13.1 Å². The highest BCUT2D eigenvalue weighted by Gasteiger charge is 2.27. The monoisotopic (exact) mass is 232 g/mol. The van der Waals surface area contributed by atoms with E-state index in [0.29, 0.717) is 18.8 Å². The fourth-order valence-corrected chi connectivity index (χ4v) is 1.29. The maximum atomic E-state index is 12.3. The summed E-state index contributed by atoms with van der Waals surface area (Å²) in [5.74, 6) is 0.657. The summed E-state index contributed by atoms with van der Waals surface area (Å²) in [7, 11) is 0. The van der Waals surface area contributed by atoms with Gasteiger partial charge in [-0.05, 0) is 25.2 Å². The Morgan fingerprint density at radius 2 is 2.19 bits per heavy atom. The third-order valence-electron chi connectivity index (χ3n) is 2.30. The van der Waals surface area contributed by atoms with Crippen LogP contribution in [0.4, 0.5) is 12.9 Å².